The topological polar surface area (TPSA) is 130 Å². The summed E-state index contributed by atoms with van der Waals surface area (Å²) < 4.78 is 48.1. The number of hydrogen-bond acceptors (Lipinski definition) is 9. The molecule has 2 heterocycles. The quantitative estimate of drug-likeness (QED) is 0.409. The van der Waals surface area contributed by atoms with Crippen molar-refractivity contribution in [3.05, 3.63) is 47.3 Å². The Morgan fingerprint density at radius 3 is 2.22 bits per heavy atom. The second-order valence-corrected chi connectivity index (χ2v) is 11.0. The zero-order valence-corrected chi connectivity index (χ0v) is 22.1. The average molecular weight is 537 g/mol. The summed E-state index contributed by atoms with van der Waals surface area (Å²) in [7, 11) is 0.424. The highest BCUT2D eigenvalue weighted by Gasteiger charge is 2.36. The average Bonchev–Trinajstić information content (AvgIpc) is 3.54. The summed E-state index contributed by atoms with van der Waals surface area (Å²) in [5.74, 6) is 1.97. The Labute approximate surface area is 215 Å². The van der Waals surface area contributed by atoms with Crippen LogP contribution in [-0.2, 0) is 14.8 Å². The van der Waals surface area contributed by atoms with E-state index in [2.05, 4.69) is 24.9 Å². The molecule has 13 heteroatoms. The lowest BCUT2D eigenvalue weighted by molar-refractivity contribution is 0.0950. The number of para-hydroxylation sites is 1. The lowest BCUT2D eigenvalue weighted by Gasteiger charge is -2.23. The van der Waals surface area contributed by atoms with Gasteiger partial charge in [0, 0.05) is 25.4 Å². The second kappa shape index (κ2) is 11.0. The van der Waals surface area contributed by atoms with Crippen molar-refractivity contribution in [2.24, 2.45) is 0 Å². The van der Waals surface area contributed by atoms with Gasteiger partial charge in [-0.1, -0.05) is 30.5 Å². The third-order valence-corrected chi connectivity index (χ3v) is 8.22. The van der Waals surface area contributed by atoms with Gasteiger partial charge in [-0.3, -0.25) is 9.29 Å². The van der Waals surface area contributed by atoms with Crippen LogP contribution in [0.25, 0.3) is 5.69 Å². The lowest BCUT2D eigenvalue weighted by Crippen LogP contribution is -2.33. The van der Waals surface area contributed by atoms with Crippen LogP contribution in [0, 0.1) is 0 Å². The van der Waals surface area contributed by atoms with Crippen molar-refractivity contribution in [1.82, 2.24) is 24.7 Å². The van der Waals surface area contributed by atoms with E-state index in [0.717, 1.165) is 25.7 Å². The Hall–Kier alpha value is -2.96. The Balaban J connectivity index is 1.77. The minimum atomic E-state index is -4.06. The second-order valence-electron chi connectivity index (χ2n) is 8.48. The molecule has 0 bridgehead atoms. The van der Waals surface area contributed by atoms with Gasteiger partial charge in [-0.25, -0.2) is 18.4 Å². The normalized spacial score (nSPS) is 16.0. The van der Waals surface area contributed by atoms with Crippen LogP contribution < -0.4 is 14.2 Å². The molecule has 1 saturated carbocycles. The molecule has 0 spiro atoms. The van der Waals surface area contributed by atoms with Crippen LogP contribution in [0.2, 0.25) is 5.02 Å². The van der Waals surface area contributed by atoms with E-state index in [1.54, 1.807) is 37.0 Å². The first-order chi connectivity index (χ1) is 17.3. The predicted molar refractivity (Wildman–Crippen MR) is 134 cm³/mol. The van der Waals surface area contributed by atoms with E-state index in [4.69, 9.17) is 25.8 Å². The van der Waals surface area contributed by atoms with Crippen molar-refractivity contribution in [1.29, 1.82) is 0 Å². The van der Waals surface area contributed by atoms with Gasteiger partial charge < -0.3 is 14.2 Å². The van der Waals surface area contributed by atoms with Gasteiger partial charge in [0.1, 0.15) is 34.4 Å². The number of sulfonamides is 1. The van der Waals surface area contributed by atoms with E-state index in [0.29, 0.717) is 28.0 Å². The first-order valence-electron chi connectivity index (χ1n) is 11.5. The van der Waals surface area contributed by atoms with Crippen LogP contribution >= 0.6 is 11.6 Å². The summed E-state index contributed by atoms with van der Waals surface area (Å²) in [5.41, 5.74) is 0.518. The molecule has 1 N–H and O–H groups in total. The van der Waals surface area contributed by atoms with E-state index < -0.39 is 21.4 Å². The number of hydrogen-bond donors (Lipinski definition) is 1. The predicted octanol–water partition coefficient (Wildman–Crippen LogP) is 3.90. The molecular formula is C23H29ClN6O5S. The van der Waals surface area contributed by atoms with Gasteiger partial charge in [0.2, 0.25) is 16.0 Å². The molecule has 0 radical (unpaired) electrons. The number of nitrogens with one attached hydrogen (secondary N) is 1. The van der Waals surface area contributed by atoms with Crippen molar-refractivity contribution in [2.45, 2.75) is 49.9 Å². The Morgan fingerprint density at radius 1 is 1.06 bits per heavy atom. The van der Waals surface area contributed by atoms with Gasteiger partial charge in [-0.15, -0.1) is 10.2 Å². The first-order valence-corrected chi connectivity index (χ1v) is 13.4. The monoisotopic (exact) mass is 536 g/mol. The number of ether oxygens (including phenoxy) is 3. The van der Waals surface area contributed by atoms with Gasteiger partial charge in [0.25, 0.3) is 0 Å². The largest absolute Gasteiger partial charge is 0.494 e. The molecular weight excluding hydrogens is 508 g/mol. The smallest absolute Gasteiger partial charge is 0.243 e. The molecule has 2 aromatic heterocycles. The SMILES string of the molecule is COc1cccc(OC)c1-n1c(NS(=O)(=O)C(C)C(OC)c2ncc(Cl)cn2)nnc1C1CCCC1. The van der Waals surface area contributed by atoms with Crippen LogP contribution in [0.1, 0.15) is 56.3 Å². The number of anilines is 1. The van der Waals surface area contributed by atoms with E-state index in [-0.39, 0.29) is 17.7 Å². The summed E-state index contributed by atoms with van der Waals surface area (Å²) in [6.07, 6.45) is 5.81. The molecule has 36 heavy (non-hydrogen) atoms. The van der Waals surface area contributed by atoms with Crippen molar-refractivity contribution >= 4 is 27.6 Å². The van der Waals surface area contributed by atoms with Crippen LogP contribution in [0.15, 0.2) is 30.6 Å². The van der Waals surface area contributed by atoms with Crippen molar-refractivity contribution in [3.63, 3.8) is 0 Å². The van der Waals surface area contributed by atoms with Crippen LogP contribution in [-0.4, -0.2) is 59.7 Å². The van der Waals surface area contributed by atoms with Crippen LogP contribution in [0.5, 0.6) is 11.5 Å². The molecule has 0 saturated heterocycles. The number of methoxy groups -OCH3 is 3. The maximum absolute atomic E-state index is 13.5. The molecule has 1 aromatic carbocycles. The molecule has 1 aliphatic rings. The molecule has 1 fully saturated rings. The highest BCUT2D eigenvalue weighted by molar-refractivity contribution is 7.93. The van der Waals surface area contributed by atoms with Gasteiger partial charge in [-0.05, 0) is 31.9 Å². The van der Waals surface area contributed by atoms with Crippen LogP contribution in [0.4, 0.5) is 5.95 Å². The lowest BCUT2D eigenvalue weighted by atomic mass is 10.1. The fourth-order valence-electron chi connectivity index (χ4n) is 4.44. The molecule has 2 atom stereocenters. The molecule has 4 rings (SSSR count). The van der Waals surface area contributed by atoms with Crippen molar-refractivity contribution < 1.29 is 22.6 Å². The summed E-state index contributed by atoms with van der Waals surface area (Å²) in [5, 5.41) is 7.91. The van der Waals surface area contributed by atoms with Gasteiger partial charge >= 0.3 is 0 Å². The number of rotatable bonds is 10. The summed E-state index contributed by atoms with van der Waals surface area (Å²) in [6, 6.07) is 5.34. The molecule has 2 unspecified atom stereocenters. The molecule has 11 nitrogen and oxygen atoms in total. The summed E-state index contributed by atoms with van der Waals surface area (Å²) >= 11 is 5.88. The Morgan fingerprint density at radius 2 is 1.67 bits per heavy atom. The fourth-order valence-corrected chi connectivity index (χ4v) is 5.67. The standard InChI is InChI=1S/C23H29ClN6O5S/c1-14(20(35-4)21-25-12-16(24)13-26-21)36(31,32)29-23-28-27-22(15-8-5-6-9-15)30(23)19-17(33-2)10-7-11-18(19)34-3/h7,10-15,20H,5-6,8-9H2,1-4H3,(H,28,29). The number of nitrogens with zero attached hydrogens (tertiary/aromatic N) is 5. The molecule has 3 aromatic rings. The van der Waals surface area contributed by atoms with Gasteiger partial charge in [-0.2, -0.15) is 0 Å². The van der Waals surface area contributed by atoms with E-state index in [1.807, 2.05) is 0 Å². The zero-order valence-electron chi connectivity index (χ0n) is 20.5. The molecule has 1 aliphatic carbocycles. The maximum Gasteiger partial charge on any atom is 0.243 e. The van der Waals surface area contributed by atoms with Gasteiger partial charge in [0.05, 0.1) is 19.2 Å². The molecule has 0 aliphatic heterocycles. The number of halogens is 1. The van der Waals surface area contributed by atoms with E-state index in [9.17, 15) is 8.42 Å². The first kappa shape index (κ1) is 26.1. The third-order valence-electron chi connectivity index (χ3n) is 6.33. The summed E-state index contributed by atoms with van der Waals surface area (Å²) in [6.45, 7) is 1.51. The summed E-state index contributed by atoms with van der Waals surface area (Å²) in [4.78, 5) is 8.26. The van der Waals surface area contributed by atoms with Crippen molar-refractivity contribution in [2.75, 3.05) is 26.1 Å². The molecule has 194 valence electrons. The Kier molecular flexibility index (Phi) is 7.96. The Bertz CT molecular complexity index is 1270. The molecule has 0 amide bonds. The minimum absolute atomic E-state index is 0.0263. The number of benzene rings is 1. The minimum Gasteiger partial charge on any atom is -0.494 e. The number of aromatic nitrogens is 5. The highest BCUT2D eigenvalue weighted by atomic mass is 35.5. The van der Waals surface area contributed by atoms with E-state index >= 15 is 0 Å². The maximum atomic E-state index is 13.5. The fraction of sp³-hybridized carbons (Fsp3) is 0.478. The van der Waals surface area contributed by atoms with Crippen molar-refractivity contribution in [3.8, 4) is 17.2 Å². The van der Waals surface area contributed by atoms with E-state index in [1.165, 1.54) is 26.4 Å². The van der Waals surface area contributed by atoms with Crippen LogP contribution in [0.3, 0.4) is 0 Å². The van der Waals surface area contributed by atoms with Gasteiger partial charge in [0.15, 0.2) is 5.82 Å². The third kappa shape index (κ3) is 5.11. The zero-order chi connectivity index (χ0) is 25.9. The highest BCUT2D eigenvalue weighted by Crippen LogP contribution is 2.40.